The van der Waals surface area contributed by atoms with Crippen LogP contribution in [0.2, 0.25) is 0 Å². The summed E-state index contributed by atoms with van der Waals surface area (Å²) in [6, 6.07) is 6.01. The lowest BCUT2D eigenvalue weighted by molar-refractivity contribution is 0.198. The van der Waals surface area contributed by atoms with Crippen molar-refractivity contribution >= 4 is 0 Å². The Labute approximate surface area is 103 Å². The predicted octanol–water partition coefficient (Wildman–Crippen LogP) is 2.52. The highest BCUT2D eigenvalue weighted by Gasteiger charge is 2.20. The smallest absolute Gasteiger partial charge is 0.164 e. The summed E-state index contributed by atoms with van der Waals surface area (Å²) in [4.78, 5) is 0. The van der Waals surface area contributed by atoms with Gasteiger partial charge in [0.15, 0.2) is 11.5 Å². The molecule has 1 aliphatic rings. The van der Waals surface area contributed by atoms with Crippen LogP contribution in [0.15, 0.2) is 18.2 Å². The number of benzene rings is 1. The maximum absolute atomic E-state index is 6.10. The average molecular weight is 235 g/mol. The summed E-state index contributed by atoms with van der Waals surface area (Å²) >= 11 is 0. The molecule has 0 amide bonds. The van der Waals surface area contributed by atoms with Crippen LogP contribution in [0.5, 0.6) is 11.5 Å². The lowest BCUT2D eigenvalue weighted by atomic mass is 10.1. The first-order valence-electron chi connectivity index (χ1n) is 6.37. The molecule has 1 fully saturated rings. The van der Waals surface area contributed by atoms with E-state index < -0.39 is 0 Å². The van der Waals surface area contributed by atoms with Gasteiger partial charge in [-0.05, 0) is 50.3 Å². The zero-order chi connectivity index (χ0) is 12.1. The molecule has 0 heterocycles. The summed E-state index contributed by atoms with van der Waals surface area (Å²) in [5, 5.41) is 0. The first-order valence-corrected chi connectivity index (χ1v) is 6.37. The van der Waals surface area contributed by atoms with Crippen LogP contribution in [0.3, 0.4) is 0 Å². The van der Waals surface area contributed by atoms with Crippen LogP contribution in [0.1, 0.15) is 31.2 Å². The van der Waals surface area contributed by atoms with E-state index in [0.717, 1.165) is 36.3 Å². The maximum atomic E-state index is 6.10. The number of hydrogen-bond acceptors (Lipinski definition) is 3. The standard InChI is InChI=1S/C14H21NO2/c1-16-13-8-4-5-11(9-10-15)14(13)17-12-6-2-3-7-12/h4-5,8,12H,2-3,6-7,9-10,15H2,1H3. The van der Waals surface area contributed by atoms with Crippen molar-refractivity contribution in [2.45, 2.75) is 38.2 Å². The molecule has 3 nitrogen and oxygen atoms in total. The van der Waals surface area contributed by atoms with Gasteiger partial charge in [0.25, 0.3) is 0 Å². The molecule has 94 valence electrons. The molecule has 2 rings (SSSR count). The van der Waals surface area contributed by atoms with Crippen molar-refractivity contribution in [2.24, 2.45) is 5.73 Å². The highest BCUT2D eigenvalue weighted by atomic mass is 16.5. The molecule has 1 aliphatic carbocycles. The third kappa shape index (κ3) is 2.91. The number of methoxy groups -OCH3 is 1. The zero-order valence-corrected chi connectivity index (χ0v) is 10.4. The molecule has 0 bridgehead atoms. The van der Waals surface area contributed by atoms with E-state index in [1.807, 2.05) is 12.1 Å². The monoisotopic (exact) mass is 235 g/mol. The Kier molecular flexibility index (Phi) is 4.26. The third-order valence-corrected chi connectivity index (χ3v) is 3.28. The van der Waals surface area contributed by atoms with Gasteiger partial charge in [0, 0.05) is 0 Å². The van der Waals surface area contributed by atoms with E-state index in [1.165, 1.54) is 12.8 Å². The number of rotatable bonds is 5. The first kappa shape index (κ1) is 12.2. The van der Waals surface area contributed by atoms with Crippen molar-refractivity contribution in [3.8, 4) is 11.5 Å². The van der Waals surface area contributed by atoms with Gasteiger partial charge in [-0.2, -0.15) is 0 Å². The molecule has 1 aromatic rings. The number of hydrogen-bond donors (Lipinski definition) is 1. The lowest BCUT2D eigenvalue weighted by Gasteiger charge is -2.18. The normalized spacial score (nSPS) is 16.1. The number of para-hydroxylation sites is 1. The molecule has 0 aliphatic heterocycles. The largest absolute Gasteiger partial charge is 0.493 e. The molecule has 1 aromatic carbocycles. The van der Waals surface area contributed by atoms with Crippen molar-refractivity contribution in [3.05, 3.63) is 23.8 Å². The van der Waals surface area contributed by atoms with Gasteiger partial charge in [0.2, 0.25) is 0 Å². The number of nitrogens with two attached hydrogens (primary N) is 1. The van der Waals surface area contributed by atoms with E-state index in [0.29, 0.717) is 12.6 Å². The highest BCUT2D eigenvalue weighted by molar-refractivity contribution is 5.47. The molecule has 1 saturated carbocycles. The maximum Gasteiger partial charge on any atom is 0.164 e. The molecule has 0 atom stereocenters. The Morgan fingerprint density at radius 3 is 2.71 bits per heavy atom. The Bertz CT molecular complexity index is 359. The minimum Gasteiger partial charge on any atom is -0.493 e. The quantitative estimate of drug-likeness (QED) is 0.853. The SMILES string of the molecule is COc1cccc(CCN)c1OC1CCCC1. The Morgan fingerprint density at radius 1 is 1.29 bits per heavy atom. The molecule has 0 unspecified atom stereocenters. The summed E-state index contributed by atoms with van der Waals surface area (Å²) in [6.45, 7) is 0.633. The van der Waals surface area contributed by atoms with E-state index in [4.69, 9.17) is 15.2 Å². The lowest BCUT2D eigenvalue weighted by Crippen LogP contribution is -2.14. The first-order chi connectivity index (χ1) is 8.35. The predicted molar refractivity (Wildman–Crippen MR) is 68.6 cm³/mol. The molecule has 3 heteroatoms. The van der Waals surface area contributed by atoms with Crippen LogP contribution in [-0.4, -0.2) is 19.8 Å². The van der Waals surface area contributed by atoms with Gasteiger partial charge in [-0.15, -0.1) is 0 Å². The highest BCUT2D eigenvalue weighted by Crippen LogP contribution is 2.34. The van der Waals surface area contributed by atoms with E-state index in [9.17, 15) is 0 Å². The molecule has 0 spiro atoms. The fourth-order valence-corrected chi connectivity index (χ4v) is 2.38. The van der Waals surface area contributed by atoms with E-state index >= 15 is 0 Å². The molecule has 17 heavy (non-hydrogen) atoms. The van der Waals surface area contributed by atoms with Gasteiger partial charge < -0.3 is 15.2 Å². The molecule has 0 saturated heterocycles. The second kappa shape index (κ2) is 5.92. The van der Waals surface area contributed by atoms with Crippen molar-refractivity contribution in [2.75, 3.05) is 13.7 Å². The summed E-state index contributed by atoms with van der Waals surface area (Å²) in [7, 11) is 1.68. The summed E-state index contributed by atoms with van der Waals surface area (Å²) in [5.74, 6) is 1.72. The van der Waals surface area contributed by atoms with Crippen molar-refractivity contribution in [1.29, 1.82) is 0 Å². The van der Waals surface area contributed by atoms with Gasteiger partial charge in [-0.3, -0.25) is 0 Å². The van der Waals surface area contributed by atoms with Crippen LogP contribution in [0.25, 0.3) is 0 Å². The second-order valence-electron chi connectivity index (χ2n) is 4.51. The third-order valence-electron chi connectivity index (χ3n) is 3.28. The Morgan fingerprint density at radius 2 is 2.06 bits per heavy atom. The minimum atomic E-state index is 0.350. The van der Waals surface area contributed by atoms with Gasteiger partial charge in [0.1, 0.15) is 0 Å². The second-order valence-corrected chi connectivity index (χ2v) is 4.51. The number of ether oxygens (including phenoxy) is 2. The zero-order valence-electron chi connectivity index (χ0n) is 10.4. The van der Waals surface area contributed by atoms with Gasteiger partial charge in [-0.1, -0.05) is 12.1 Å². The Balaban J connectivity index is 2.20. The van der Waals surface area contributed by atoms with E-state index in [2.05, 4.69) is 6.07 Å². The summed E-state index contributed by atoms with van der Waals surface area (Å²) in [5.41, 5.74) is 6.78. The molecule has 0 radical (unpaired) electrons. The van der Waals surface area contributed by atoms with Crippen LogP contribution in [0.4, 0.5) is 0 Å². The molecular weight excluding hydrogens is 214 g/mol. The van der Waals surface area contributed by atoms with Crippen molar-refractivity contribution in [1.82, 2.24) is 0 Å². The molecule has 2 N–H and O–H groups in total. The summed E-state index contributed by atoms with van der Waals surface area (Å²) in [6.07, 6.45) is 6.03. The molecular formula is C14H21NO2. The van der Waals surface area contributed by atoms with Gasteiger partial charge in [-0.25, -0.2) is 0 Å². The van der Waals surface area contributed by atoms with Crippen LogP contribution in [-0.2, 0) is 6.42 Å². The molecule has 0 aromatic heterocycles. The fourth-order valence-electron chi connectivity index (χ4n) is 2.38. The Hall–Kier alpha value is -1.22. The van der Waals surface area contributed by atoms with Crippen molar-refractivity contribution < 1.29 is 9.47 Å². The topological polar surface area (TPSA) is 44.5 Å². The van der Waals surface area contributed by atoms with Crippen molar-refractivity contribution in [3.63, 3.8) is 0 Å². The minimum absolute atomic E-state index is 0.350. The fraction of sp³-hybridized carbons (Fsp3) is 0.571. The van der Waals surface area contributed by atoms with Gasteiger partial charge >= 0.3 is 0 Å². The summed E-state index contributed by atoms with van der Waals surface area (Å²) < 4.78 is 11.5. The van der Waals surface area contributed by atoms with E-state index in [1.54, 1.807) is 7.11 Å². The average Bonchev–Trinajstić information content (AvgIpc) is 2.84. The van der Waals surface area contributed by atoms with Gasteiger partial charge in [0.05, 0.1) is 13.2 Å². The van der Waals surface area contributed by atoms with Crippen LogP contribution >= 0.6 is 0 Å². The van der Waals surface area contributed by atoms with Crippen LogP contribution < -0.4 is 15.2 Å². The van der Waals surface area contributed by atoms with Crippen LogP contribution in [0, 0.1) is 0 Å². The van der Waals surface area contributed by atoms with E-state index in [-0.39, 0.29) is 0 Å².